The number of fused-ring (bicyclic) bond motifs is 1. The number of aromatic nitrogens is 2. The normalized spacial score (nSPS) is 10.0. The monoisotopic (exact) mass is 284 g/mol. The van der Waals surface area contributed by atoms with E-state index in [-0.39, 0.29) is 0 Å². The molecule has 1 heterocycles. The van der Waals surface area contributed by atoms with E-state index in [1.807, 2.05) is 35.3 Å². The maximum atomic E-state index is 5.39. The van der Waals surface area contributed by atoms with E-state index in [0.29, 0.717) is 18.2 Å². The van der Waals surface area contributed by atoms with Gasteiger partial charge in [-0.25, -0.2) is 0 Å². The van der Waals surface area contributed by atoms with Crippen LogP contribution in [0.5, 0.6) is 0 Å². The van der Waals surface area contributed by atoms with Crippen molar-refractivity contribution in [1.82, 2.24) is 14.9 Å². The quantitative estimate of drug-likeness (QED) is 0.675. The molecule has 1 N–H and O–H groups in total. The summed E-state index contributed by atoms with van der Waals surface area (Å²) in [6.45, 7) is 8.81. The first-order valence-electron chi connectivity index (χ1n) is 6.23. The zero-order chi connectivity index (χ0) is 14.4. The van der Waals surface area contributed by atoms with Gasteiger partial charge in [-0.1, -0.05) is 12.2 Å². The molecular weight excluding hydrogens is 268 g/mol. The van der Waals surface area contributed by atoms with Gasteiger partial charge in [0.1, 0.15) is 0 Å². The molecule has 1 aromatic heterocycles. The molecule has 5 heteroatoms. The molecule has 4 nitrogen and oxygen atoms in total. The second kappa shape index (κ2) is 6.77. The van der Waals surface area contributed by atoms with Gasteiger partial charge in [0.05, 0.1) is 11.0 Å². The van der Waals surface area contributed by atoms with Crippen LogP contribution in [-0.2, 0) is 0 Å². The molecule has 0 spiro atoms. The highest BCUT2D eigenvalue weighted by Crippen LogP contribution is 2.15. The molecule has 0 bridgehead atoms. The lowest BCUT2D eigenvalue weighted by Gasteiger charge is -2.23. The van der Waals surface area contributed by atoms with Crippen molar-refractivity contribution in [2.24, 2.45) is 0 Å². The molecule has 0 radical (unpaired) electrons. The predicted octanol–water partition coefficient (Wildman–Crippen LogP) is 3.00. The van der Waals surface area contributed by atoms with Gasteiger partial charge in [0.25, 0.3) is 0 Å². The van der Waals surface area contributed by atoms with E-state index < -0.39 is 0 Å². The van der Waals surface area contributed by atoms with Crippen LogP contribution in [0.4, 0.5) is 5.69 Å². The van der Waals surface area contributed by atoms with Gasteiger partial charge < -0.3 is 10.2 Å². The Balaban J connectivity index is 2.15. The third-order valence-corrected chi connectivity index (χ3v) is 3.07. The van der Waals surface area contributed by atoms with Crippen molar-refractivity contribution in [3.8, 4) is 0 Å². The Morgan fingerprint density at radius 1 is 1.15 bits per heavy atom. The second-order valence-electron chi connectivity index (χ2n) is 4.17. The van der Waals surface area contributed by atoms with Crippen molar-refractivity contribution in [3.63, 3.8) is 0 Å². The van der Waals surface area contributed by atoms with E-state index in [1.54, 1.807) is 12.4 Å². The molecule has 0 aliphatic heterocycles. The zero-order valence-corrected chi connectivity index (χ0v) is 11.9. The number of anilines is 1. The van der Waals surface area contributed by atoms with E-state index >= 15 is 0 Å². The Bertz CT molecular complexity index is 629. The van der Waals surface area contributed by atoms with Crippen LogP contribution in [0, 0.1) is 0 Å². The predicted molar refractivity (Wildman–Crippen MR) is 87.7 cm³/mol. The third kappa shape index (κ3) is 3.39. The maximum absolute atomic E-state index is 5.39. The lowest BCUT2D eigenvalue weighted by Crippen LogP contribution is -2.34. The number of benzene rings is 1. The van der Waals surface area contributed by atoms with Crippen molar-refractivity contribution in [3.05, 3.63) is 55.9 Å². The minimum Gasteiger partial charge on any atom is -0.342 e. The summed E-state index contributed by atoms with van der Waals surface area (Å²) in [4.78, 5) is 10.5. The first kappa shape index (κ1) is 14.1. The lowest BCUT2D eigenvalue weighted by atomic mass is 10.2. The number of hydrogen-bond donors (Lipinski definition) is 1. The molecule has 0 saturated carbocycles. The van der Waals surface area contributed by atoms with Crippen LogP contribution in [0.15, 0.2) is 55.9 Å². The summed E-state index contributed by atoms with van der Waals surface area (Å²) in [5, 5.41) is 3.83. The summed E-state index contributed by atoms with van der Waals surface area (Å²) in [7, 11) is 0. The SMILES string of the molecule is C=CCN(CC=C)C(=S)Nc1ccc2nccnc2c1. The van der Waals surface area contributed by atoms with Gasteiger partial charge in [-0.05, 0) is 30.4 Å². The third-order valence-electron chi connectivity index (χ3n) is 2.71. The number of hydrogen-bond acceptors (Lipinski definition) is 3. The fourth-order valence-corrected chi connectivity index (χ4v) is 2.06. The van der Waals surface area contributed by atoms with Gasteiger partial charge >= 0.3 is 0 Å². The fourth-order valence-electron chi connectivity index (χ4n) is 1.80. The molecular formula is C15H16N4S. The minimum atomic E-state index is 0.632. The number of nitrogens with zero attached hydrogens (tertiary/aromatic N) is 3. The Labute approximate surface area is 123 Å². The average molecular weight is 284 g/mol. The van der Waals surface area contributed by atoms with Crippen LogP contribution in [-0.4, -0.2) is 33.1 Å². The van der Waals surface area contributed by atoms with Crippen molar-refractivity contribution >= 4 is 34.1 Å². The molecule has 0 atom stereocenters. The summed E-state index contributed by atoms with van der Waals surface area (Å²) in [6, 6.07) is 5.77. The molecule has 1 aromatic carbocycles. The number of nitrogens with one attached hydrogen (secondary N) is 1. The highest BCUT2D eigenvalue weighted by atomic mass is 32.1. The van der Waals surface area contributed by atoms with E-state index in [2.05, 4.69) is 28.4 Å². The van der Waals surface area contributed by atoms with Crippen LogP contribution >= 0.6 is 12.2 Å². The topological polar surface area (TPSA) is 41.0 Å². The van der Waals surface area contributed by atoms with Gasteiger partial charge in [0.15, 0.2) is 5.11 Å². The van der Waals surface area contributed by atoms with E-state index in [4.69, 9.17) is 12.2 Å². The first-order chi connectivity index (χ1) is 9.74. The molecule has 0 unspecified atom stereocenters. The average Bonchev–Trinajstić information content (AvgIpc) is 2.47. The Morgan fingerprint density at radius 3 is 2.45 bits per heavy atom. The van der Waals surface area contributed by atoms with Crippen LogP contribution in [0.1, 0.15) is 0 Å². The highest BCUT2D eigenvalue weighted by molar-refractivity contribution is 7.80. The summed E-state index contributed by atoms with van der Waals surface area (Å²) in [6.07, 6.45) is 6.97. The van der Waals surface area contributed by atoms with E-state index in [1.165, 1.54) is 0 Å². The molecule has 20 heavy (non-hydrogen) atoms. The van der Waals surface area contributed by atoms with E-state index in [0.717, 1.165) is 16.7 Å². The Hall–Kier alpha value is -2.27. The van der Waals surface area contributed by atoms with Crippen LogP contribution in [0.25, 0.3) is 11.0 Å². The molecule has 0 fully saturated rings. The standard InChI is InChI=1S/C15H16N4S/c1-3-9-19(10-4-2)15(20)18-12-5-6-13-14(11-12)17-8-7-16-13/h3-8,11H,1-2,9-10H2,(H,18,20). The largest absolute Gasteiger partial charge is 0.342 e. The first-order valence-corrected chi connectivity index (χ1v) is 6.64. The minimum absolute atomic E-state index is 0.632. The van der Waals surface area contributed by atoms with Crippen LogP contribution < -0.4 is 5.32 Å². The molecule has 0 aliphatic carbocycles. The van der Waals surface area contributed by atoms with Gasteiger partial charge in [-0.15, -0.1) is 13.2 Å². The number of thiocarbonyl (C=S) groups is 1. The molecule has 2 aromatic rings. The van der Waals surface area contributed by atoms with Crippen LogP contribution in [0.3, 0.4) is 0 Å². The van der Waals surface area contributed by atoms with Crippen molar-refractivity contribution in [1.29, 1.82) is 0 Å². The smallest absolute Gasteiger partial charge is 0.173 e. The van der Waals surface area contributed by atoms with Gasteiger partial charge in [0, 0.05) is 31.2 Å². The van der Waals surface area contributed by atoms with Crippen molar-refractivity contribution in [2.45, 2.75) is 0 Å². The van der Waals surface area contributed by atoms with Crippen molar-refractivity contribution < 1.29 is 0 Å². The highest BCUT2D eigenvalue weighted by Gasteiger charge is 2.07. The molecule has 0 saturated heterocycles. The van der Waals surface area contributed by atoms with E-state index in [9.17, 15) is 0 Å². The summed E-state index contributed by atoms with van der Waals surface area (Å²) < 4.78 is 0. The molecule has 102 valence electrons. The van der Waals surface area contributed by atoms with Gasteiger partial charge in [-0.2, -0.15) is 0 Å². The second-order valence-corrected chi connectivity index (χ2v) is 4.56. The summed E-state index contributed by atoms with van der Waals surface area (Å²) in [5.41, 5.74) is 2.58. The zero-order valence-electron chi connectivity index (χ0n) is 11.1. The molecule has 0 aliphatic rings. The summed E-state index contributed by atoms with van der Waals surface area (Å²) in [5.74, 6) is 0. The lowest BCUT2D eigenvalue weighted by molar-refractivity contribution is 0.522. The molecule has 0 amide bonds. The fraction of sp³-hybridized carbons (Fsp3) is 0.133. The van der Waals surface area contributed by atoms with Crippen molar-refractivity contribution in [2.75, 3.05) is 18.4 Å². The summed E-state index contributed by atoms with van der Waals surface area (Å²) >= 11 is 5.39. The maximum Gasteiger partial charge on any atom is 0.173 e. The number of rotatable bonds is 5. The Morgan fingerprint density at radius 2 is 1.80 bits per heavy atom. The van der Waals surface area contributed by atoms with Gasteiger partial charge in [-0.3, -0.25) is 9.97 Å². The van der Waals surface area contributed by atoms with Gasteiger partial charge in [0.2, 0.25) is 0 Å². The Kier molecular flexibility index (Phi) is 4.79. The molecule has 2 rings (SSSR count). The van der Waals surface area contributed by atoms with Crippen LogP contribution in [0.2, 0.25) is 0 Å².